The molecule has 1 fully saturated rings. The Kier molecular flexibility index (Phi) is 4.57. The Hall–Kier alpha value is -2.75. The van der Waals surface area contributed by atoms with E-state index in [1.807, 2.05) is 6.07 Å². The van der Waals surface area contributed by atoms with Crippen molar-refractivity contribution in [2.45, 2.75) is 51.0 Å². The number of rotatable bonds is 2. The minimum absolute atomic E-state index is 0.375. The second kappa shape index (κ2) is 7.25. The van der Waals surface area contributed by atoms with E-state index in [9.17, 15) is 9.90 Å². The predicted octanol–water partition coefficient (Wildman–Crippen LogP) is 5.89. The third-order valence-corrected chi connectivity index (χ3v) is 6.81. The van der Waals surface area contributed by atoms with E-state index in [2.05, 4.69) is 46.8 Å². The highest BCUT2D eigenvalue weighted by Gasteiger charge is 2.29. The molecular weight excluding hydrogens is 360 g/mol. The molecule has 0 amide bonds. The molecule has 4 nitrogen and oxygen atoms in total. The molecule has 1 aliphatic carbocycles. The number of aromatic carboxylic acids is 1. The van der Waals surface area contributed by atoms with Gasteiger partial charge in [-0.15, -0.1) is 0 Å². The van der Waals surface area contributed by atoms with Gasteiger partial charge in [0, 0.05) is 42.3 Å². The average Bonchev–Trinajstić information content (AvgIpc) is 3.06. The molecule has 1 aromatic heterocycles. The first kappa shape index (κ1) is 18.3. The van der Waals surface area contributed by atoms with Crippen LogP contribution in [0.2, 0.25) is 0 Å². The van der Waals surface area contributed by atoms with Crippen LogP contribution in [0.1, 0.15) is 60.4 Å². The monoisotopic (exact) mass is 388 g/mol. The van der Waals surface area contributed by atoms with Crippen molar-refractivity contribution in [2.24, 2.45) is 0 Å². The van der Waals surface area contributed by atoms with Crippen molar-refractivity contribution in [3.8, 4) is 11.3 Å². The van der Waals surface area contributed by atoms with Crippen LogP contribution in [0.4, 0.5) is 5.69 Å². The van der Waals surface area contributed by atoms with Gasteiger partial charge in [-0.05, 0) is 48.9 Å². The van der Waals surface area contributed by atoms with Crippen molar-refractivity contribution in [3.05, 3.63) is 53.6 Å². The van der Waals surface area contributed by atoms with Gasteiger partial charge in [0.15, 0.2) is 0 Å². The molecule has 0 atom stereocenters. The topological polar surface area (TPSA) is 45.5 Å². The van der Waals surface area contributed by atoms with Crippen molar-refractivity contribution < 1.29 is 9.90 Å². The van der Waals surface area contributed by atoms with E-state index in [1.54, 1.807) is 6.07 Å². The lowest BCUT2D eigenvalue weighted by molar-refractivity contribution is 0.0697. The van der Waals surface area contributed by atoms with Gasteiger partial charge >= 0.3 is 5.97 Å². The van der Waals surface area contributed by atoms with Gasteiger partial charge in [-0.2, -0.15) is 0 Å². The number of aromatic nitrogens is 1. The second-order valence-electron chi connectivity index (χ2n) is 8.58. The molecule has 0 spiro atoms. The molecule has 1 aliphatic heterocycles. The first-order valence-electron chi connectivity index (χ1n) is 10.8. The van der Waals surface area contributed by atoms with Gasteiger partial charge < -0.3 is 14.6 Å². The minimum Gasteiger partial charge on any atom is -0.478 e. The van der Waals surface area contributed by atoms with Gasteiger partial charge in [-0.25, -0.2) is 4.79 Å². The summed E-state index contributed by atoms with van der Waals surface area (Å²) in [7, 11) is 2.18. The maximum Gasteiger partial charge on any atom is 0.335 e. The van der Waals surface area contributed by atoms with E-state index in [0.717, 1.165) is 25.0 Å². The number of aryl methyl sites for hydroxylation is 1. The Morgan fingerprint density at radius 1 is 1.00 bits per heavy atom. The quantitative estimate of drug-likeness (QED) is 0.595. The van der Waals surface area contributed by atoms with Crippen LogP contribution in [0.3, 0.4) is 0 Å². The minimum atomic E-state index is -0.854. The highest BCUT2D eigenvalue weighted by Crippen LogP contribution is 2.46. The van der Waals surface area contributed by atoms with E-state index in [0.29, 0.717) is 11.5 Å². The van der Waals surface area contributed by atoms with Gasteiger partial charge in [0.1, 0.15) is 0 Å². The van der Waals surface area contributed by atoms with Crippen molar-refractivity contribution in [3.63, 3.8) is 0 Å². The standard InChI is InChI=1S/C25H28N2O2/c1-26-14-7-15-27-22-16-18(25(28)29)12-13-19(22)23(17-8-3-2-4-9-17)24(27)20-10-5-6-11-21(20)26/h5-6,10-13,16-17H,2-4,7-9,14-15H2,1H3,(H,28,29). The molecule has 0 saturated heterocycles. The Morgan fingerprint density at radius 2 is 1.79 bits per heavy atom. The SMILES string of the molecule is CN1CCCn2c(c(C3CCCCC3)c3ccc(C(=O)O)cc32)-c2ccccc21. The first-order chi connectivity index (χ1) is 14.1. The average molecular weight is 389 g/mol. The molecule has 5 rings (SSSR count). The largest absolute Gasteiger partial charge is 0.478 e. The fourth-order valence-electron chi connectivity index (χ4n) is 5.43. The molecular formula is C25H28N2O2. The Balaban J connectivity index is 1.85. The van der Waals surface area contributed by atoms with Crippen LogP contribution < -0.4 is 4.90 Å². The molecule has 1 N–H and O–H groups in total. The van der Waals surface area contributed by atoms with Crippen LogP contribution in [0.5, 0.6) is 0 Å². The van der Waals surface area contributed by atoms with E-state index in [1.165, 1.54) is 60.0 Å². The Bertz CT molecular complexity index is 1080. The summed E-state index contributed by atoms with van der Waals surface area (Å²) in [5.74, 6) is -0.302. The second-order valence-corrected chi connectivity index (χ2v) is 8.58. The van der Waals surface area contributed by atoms with Crippen molar-refractivity contribution in [1.29, 1.82) is 0 Å². The third kappa shape index (κ3) is 3.02. The third-order valence-electron chi connectivity index (χ3n) is 6.81. The maximum atomic E-state index is 11.7. The molecule has 2 aliphatic rings. The molecule has 2 heterocycles. The number of benzene rings is 2. The zero-order valence-corrected chi connectivity index (χ0v) is 17.0. The van der Waals surface area contributed by atoms with Crippen LogP contribution >= 0.6 is 0 Å². The number of para-hydroxylation sites is 1. The number of hydrogen-bond acceptors (Lipinski definition) is 2. The summed E-state index contributed by atoms with van der Waals surface area (Å²) in [6, 6.07) is 14.4. The number of carboxylic acids is 1. The van der Waals surface area contributed by atoms with Gasteiger partial charge in [-0.1, -0.05) is 43.5 Å². The zero-order valence-electron chi connectivity index (χ0n) is 17.0. The van der Waals surface area contributed by atoms with Gasteiger partial charge in [0.2, 0.25) is 0 Å². The molecule has 0 unspecified atom stereocenters. The number of hydrogen-bond donors (Lipinski definition) is 1. The summed E-state index contributed by atoms with van der Waals surface area (Å²) in [6.07, 6.45) is 7.39. The van der Waals surface area contributed by atoms with Gasteiger partial charge in [0.05, 0.1) is 11.3 Å². The Morgan fingerprint density at radius 3 is 2.59 bits per heavy atom. The van der Waals surface area contributed by atoms with Crippen LogP contribution in [0, 0.1) is 0 Å². The van der Waals surface area contributed by atoms with Crippen molar-refractivity contribution >= 4 is 22.6 Å². The molecule has 3 aromatic rings. The summed E-state index contributed by atoms with van der Waals surface area (Å²) in [6.45, 7) is 1.91. The highest BCUT2D eigenvalue weighted by atomic mass is 16.4. The molecule has 2 aromatic carbocycles. The summed E-state index contributed by atoms with van der Waals surface area (Å²) >= 11 is 0. The molecule has 150 valence electrons. The van der Waals surface area contributed by atoms with Crippen LogP contribution in [0.25, 0.3) is 22.2 Å². The molecule has 0 bridgehead atoms. The summed E-state index contributed by atoms with van der Waals surface area (Å²) in [4.78, 5) is 14.0. The Labute approximate surface area is 171 Å². The number of anilines is 1. The van der Waals surface area contributed by atoms with Gasteiger partial charge in [-0.3, -0.25) is 0 Å². The smallest absolute Gasteiger partial charge is 0.335 e. The van der Waals surface area contributed by atoms with Crippen LogP contribution in [-0.4, -0.2) is 29.2 Å². The lowest BCUT2D eigenvalue weighted by atomic mass is 9.81. The predicted molar refractivity (Wildman–Crippen MR) is 118 cm³/mol. The van der Waals surface area contributed by atoms with E-state index >= 15 is 0 Å². The molecule has 1 saturated carbocycles. The number of fused-ring (bicyclic) bond motifs is 5. The molecule has 0 radical (unpaired) electrons. The summed E-state index contributed by atoms with van der Waals surface area (Å²) in [5, 5.41) is 10.8. The van der Waals surface area contributed by atoms with Crippen molar-refractivity contribution in [2.75, 3.05) is 18.5 Å². The number of carboxylic acid groups (broad SMARTS) is 1. The molecule has 4 heteroatoms. The summed E-state index contributed by atoms with van der Waals surface area (Å²) in [5.41, 5.74) is 6.77. The van der Waals surface area contributed by atoms with Crippen LogP contribution in [0.15, 0.2) is 42.5 Å². The lowest BCUT2D eigenvalue weighted by Crippen LogP contribution is -2.23. The highest BCUT2D eigenvalue weighted by molar-refractivity contribution is 5.99. The number of nitrogens with zero attached hydrogens (tertiary/aromatic N) is 2. The first-order valence-corrected chi connectivity index (χ1v) is 10.8. The van der Waals surface area contributed by atoms with E-state index < -0.39 is 5.97 Å². The fraction of sp³-hybridized carbons (Fsp3) is 0.400. The maximum absolute atomic E-state index is 11.7. The lowest BCUT2D eigenvalue weighted by Gasteiger charge is -2.29. The van der Waals surface area contributed by atoms with E-state index in [4.69, 9.17) is 0 Å². The summed E-state index contributed by atoms with van der Waals surface area (Å²) < 4.78 is 2.41. The van der Waals surface area contributed by atoms with Crippen molar-refractivity contribution in [1.82, 2.24) is 4.57 Å². The van der Waals surface area contributed by atoms with Crippen LogP contribution in [-0.2, 0) is 6.54 Å². The normalized spacial score (nSPS) is 17.5. The molecule has 29 heavy (non-hydrogen) atoms. The van der Waals surface area contributed by atoms with Gasteiger partial charge in [0.25, 0.3) is 0 Å². The zero-order chi connectivity index (χ0) is 20.0. The van der Waals surface area contributed by atoms with E-state index in [-0.39, 0.29) is 0 Å². The number of carbonyl (C=O) groups is 1. The fourth-order valence-corrected chi connectivity index (χ4v) is 5.43.